The average Bonchev–Trinajstić information content (AvgIpc) is 2.37. The first kappa shape index (κ1) is 14.1. The van der Waals surface area contributed by atoms with Crippen molar-refractivity contribution in [2.24, 2.45) is 0 Å². The van der Waals surface area contributed by atoms with E-state index < -0.39 is 5.91 Å². The fraction of sp³-hybridized carbons (Fsp3) is 0. The molecule has 2 rings (SSSR count). The number of nitrogen functional groups attached to an aromatic ring is 1. The lowest BCUT2D eigenvalue weighted by Gasteiger charge is -2.09. The van der Waals surface area contributed by atoms with E-state index in [9.17, 15) is 4.79 Å². The maximum absolute atomic E-state index is 12.1. The summed E-state index contributed by atoms with van der Waals surface area (Å²) in [4.78, 5) is 16.0. The molecule has 1 aromatic heterocycles. The van der Waals surface area contributed by atoms with Crippen molar-refractivity contribution >= 4 is 40.6 Å². The highest BCUT2D eigenvalue weighted by Crippen LogP contribution is 2.27. The number of hydrogen-bond acceptors (Lipinski definition) is 4. The highest BCUT2D eigenvalue weighted by Gasteiger charge is 2.16. The lowest BCUT2D eigenvalue weighted by molar-refractivity contribution is 0.102. The Labute approximate surface area is 124 Å². The molecule has 0 fully saturated rings. The molecule has 3 N–H and O–H groups in total. The Hall–Kier alpha value is -2.29. The summed E-state index contributed by atoms with van der Waals surface area (Å²) in [6.07, 6.45) is 1.47. The third-order valence-electron chi connectivity index (χ3n) is 2.44. The molecule has 0 aliphatic carbocycles. The van der Waals surface area contributed by atoms with Crippen LogP contribution in [0.3, 0.4) is 0 Å². The van der Waals surface area contributed by atoms with E-state index in [1.54, 1.807) is 6.07 Å². The molecule has 100 valence electrons. The molecular formula is C13H8Cl2N4O. The normalized spacial score (nSPS) is 9.85. The number of carbonyl (C=O) groups is 1. The molecule has 0 aliphatic rings. The maximum atomic E-state index is 12.1. The zero-order valence-electron chi connectivity index (χ0n) is 10.0. The molecule has 0 spiro atoms. The van der Waals surface area contributed by atoms with Gasteiger partial charge in [-0.3, -0.25) is 4.79 Å². The SMILES string of the molecule is N#Cc1cc(Cl)c(C(=O)Nc2ccnc(N)c2)c(Cl)c1. The van der Waals surface area contributed by atoms with E-state index in [4.69, 9.17) is 34.2 Å². The standard InChI is InChI=1S/C13H8Cl2N4O/c14-9-3-7(6-16)4-10(15)12(9)13(20)19-8-1-2-18-11(17)5-8/h1-5H,(H3,17,18,19,20). The number of anilines is 2. The van der Waals surface area contributed by atoms with Gasteiger partial charge in [0.2, 0.25) is 0 Å². The van der Waals surface area contributed by atoms with Crippen LogP contribution in [0.5, 0.6) is 0 Å². The minimum Gasteiger partial charge on any atom is -0.384 e. The van der Waals surface area contributed by atoms with Crippen LogP contribution in [0.25, 0.3) is 0 Å². The average molecular weight is 307 g/mol. The minimum absolute atomic E-state index is 0.0997. The second kappa shape index (κ2) is 5.78. The van der Waals surface area contributed by atoms with E-state index >= 15 is 0 Å². The topological polar surface area (TPSA) is 91.8 Å². The van der Waals surface area contributed by atoms with Gasteiger partial charge in [-0.2, -0.15) is 5.26 Å². The second-order valence-corrected chi connectivity index (χ2v) is 4.66. The molecule has 7 heteroatoms. The molecule has 0 saturated heterocycles. The second-order valence-electron chi connectivity index (χ2n) is 3.85. The van der Waals surface area contributed by atoms with Crippen molar-refractivity contribution in [3.8, 4) is 6.07 Å². The Morgan fingerprint density at radius 2 is 1.95 bits per heavy atom. The number of nitrogens with one attached hydrogen (secondary N) is 1. The summed E-state index contributed by atoms with van der Waals surface area (Å²) < 4.78 is 0. The molecule has 1 aromatic carbocycles. The number of amides is 1. The van der Waals surface area contributed by atoms with Gasteiger partial charge in [0.25, 0.3) is 5.91 Å². The molecule has 0 aliphatic heterocycles. The van der Waals surface area contributed by atoms with Crippen molar-refractivity contribution < 1.29 is 4.79 Å². The maximum Gasteiger partial charge on any atom is 0.258 e. The molecule has 0 atom stereocenters. The number of pyridine rings is 1. The van der Waals surface area contributed by atoms with Crippen molar-refractivity contribution in [3.05, 3.63) is 51.6 Å². The number of nitrogens with two attached hydrogens (primary N) is 1. The molecule has 1 heterocycles. The first-order valence-corrected chi connectivity index (χ1v) is 6.19. The lowest BCUT2D eigenvalue weighted by atomic mass is 10.1. The monoisotopic (exact) mass is 306 g/mol. The van der Waals surface area contributed by atoms with E-state index in [1.807, 2.05) is 6.07 Å². The van der Waals surface area contributed by atoms with Crippen molar-refractivity contribution in [1.82, 2.24) is 4.98 Å². The Bertz CT molecular complexity index is 702. The first-order chi connectivity index (χ1) is 9.51. The summed E-state index contributed by atoms with van der Waals surface area (Å²) in [5.74, 6) is -0.213. The highest BCUT2D eigenvalue weighted by molar-refractivity contribution is 6.40. The number of carbonyl (C=O) groups excluding carboxylic acids is 1. The number of benzene rings is 1. The Balaban J connectivity index is 2.33. The van der Waals surface area contributed by atoms with Crippen molar-refractivity contribution in [3.63, 3.8) is 0 Å². The molecule has 2 aromatic rings. The molecule has 0 radical (unpaired) electrons. The predicted octanol–water partition coefficient (Wildman–Crippen LogP) is 3.09. The zero-order valence-corrected chi connectivity index (χ0v) is 11.5. The summed E-state index contributed by atoms with van der Waals surface area (Å²) in [5, 5.41) is 11.6. The van der Waals surface area contributed by atoms with Crippen LogP contribution in [0.2, 0.25) is 10.0 Å². The number of aromatic nitrogens is 1. The number of nitrogens with zero attached hydrogens (tertiary/aromatic N) is 2. The van der Waals surface area contributed by atoms with Gasteiger partial charge in [0.15, 0.2) is 0 Å². The van der Waals surface area contributed by atoms with Gasteiger partial charge < -0.3 is 11.1 Å². The van der Waals surface area contributed by atoms with Crippen molar-refractivity contribution in [2.75, 3.05) is 11.1 Å². The van der Waals surface area contributed by atoms with Gasteiger partial charge in [-0.05, 0) is 18.2 Å². The van der Waals surface area contributed by atoms with E-state index in [2.05, 4.69) is 10.3 Å². The minimum atomic E-state index is -0.491. The van der Waals surface area contributed by atoms with Gasteiger partial charge in [0, 0.05) is 18.0 Å². The van der Waals surface area contributed by atoms with E-state index in [0.29, 0.717) is 5.69 Å². The Kier molecular flexibility index (Phi) is 4.08. The Morgan fingerprint density at radius 1 is 1.30 bits per heavy atom. The molecule has 0 bridgehead atoms. The summed E-state index contributed by atoms with van der Waals surface area (Å²) in [6, 6.07) is 7.75. The smallest absolute Gasteiger partial charge is 0.258 e. The quantitative estimate of drug-likeness (QED) is 0.891. The summed E-state index contributed by atoms with van der Waals surface area (Å²) in [5.41, 5.74) is 6.37. The van der Waals surface area contributed by atoms with Gasteiger partial charge in [-0.25, -0.2) is 4.98 Å². The van der Waals surface area contributed by atoms with Gasteiger partial charge >= 0.3 is 0 Å². The zero-order chi connectivity index (χ0) is 14.7. The summed E-state index contributed by atoms with van der Waals surface area (Å²) in [7, 11) is 0. The fourth-order valence-corrected chi connectivity index (χ4v) is 2.23. The van der Waals surface area contributed by atoms with Crippen LogP contribution in [0.15, 0.2) is 30.5 Å². The highest BCUT2D eigenvalue weighted by atomic mass is 35.5. The van der Waals surface area contributed by atoms with Crippen molar-refractivity contribution in [1.29, 1.82) is 5.26 Å². The molecule has 0 saturated carbocycles. The Morgan fingerprint density at radius 3 is 2.50 bits per heavy atom. The van der Waals surface area contributed by atoms with E-state index in [0.717, 1.165) is 0 Å². The largest absolute Gasteiger partial charge is 0.384 e. The van der Waals surface area contributed by atoms with Gasteiger partial charge in [-0.1, -0.05) is 23.2 Å². The summed E-state index contributed by atoms with van der Waals surface area (Å²) >= 11 is 11.9. The van der Waals surface area contributed by atoms with Gasteiger partial charge in [0.05, 0.1) is 27.2 Å². The van der Waals surface area contributed by atoms with Crippen molar-refractivity contribution in [2.45, 2.75) is 0 Å². The molecule has 0 unspecified atom stereocenters. The molecule has 20 heavy (non-hydrogen) atoms. The molecule has 1 amide bonds. The number of rotatable bonds is 2. The third kappa shape index (κ3) is 2.99. The van der Waals surface area contributed by atoms with Gasteiger partial charge in [-0.15, -0.1) is 0 Å². The fourth-order valence-electron chi connectivity index (χ4n) is 1.57. The molecule has 5 nitrogen and oxygen atoms in total. The number of hydrogen-bond donors (Lipinski definition) is 2. The van der Waals surface area contributed by atoms with Crippen LogP contribution in [0.4, 0.5) is 11.5 Å². The van der Waals surface area contributed by atoms with Crippen LogP contribution < -0.4 is 11.1 Å². The van der Waals surface area contributed by atoms with Crippen LogP contribution >= 0.6 is 23.2 Å². The van der Waals surface area contributed by atoms with Crippen LogP contribution in [0, 0.1) is 11.3 Å². The molecular weight excluding hydrogens is 299 g/mol. The van der Waals surface area contributed by atoms with Crippen LogP contribution in [0.1, 0.15) is 15.9 Å². The lowest BCUT2D eigenvalue weighted by Crippen LogP contribution is -2.13. The van der Waals surface area contributed by atoms with Crippen LogP contribution in [-0.4, -0.2) is 10.9 Å². The first-order valence-electron chi connectivity index (χ1n) is 5.43. The van der Waals surface area contributed by atoms with Gasteiger partial charge in [0.1, 0.15) is 5.82 Å². The number of halogens is 2. The van der Waals surface area contributed by atoms with E-state index in [1.165, 1.54) is 24.4 Å². The third-order valence-corrected chi connectivity index (χ3v) is 3.03. The van der Waals surface area contributed by atoms with Crippen LogP contribution in [-0.2, 0) is 0 Å². The predicted molar refractivity (Wildman–Crippen MR) is 77.8 cm³/mol. The summed E-state index contributed by atoms with van der Waals surface area (Å²) in [6.45, 7) is 0. The number of nitriles is 1. The van der Waals surface area contributed by atoms with E-state index in [-0.39, 0.29) is 27.0 Å².